The highest BCUT2D eigenvalue weighted by atomic mass is 19.2. The lowest BCUT2D eigenvalue weighted by Crippen LogP contribution is -2.64. The van der Waals surface area contributed by atoms with E-state index in [1.165, 1.54) is 0 Å². The summed E-state index contributed by atoms with van der Waals surface area (Å²) in [5.74, 6) is -18.6. The first-order chi connectivity index (χ1) is 15.5. The molecule has 12 heteroatoms. The highest BCUT2D eigenvalue weighted by molar-refractivity contribution is 5.92. The van der Waals surface area contributed by atoms with E-state index >= 15 is 26.3 Å². The van der Waals surface area contributed by atoms with Gasteiger partial charge in [0.05, 0.1) is 23.3 Å². The van der Waals surface area contributed by atoms with Crippen LogP contribution in [-0.2, 0) is 0 Å². The molecule has 4 rings (SSSR count). The molecule has 0 N–H and O–H groups in total. The fourth-order valence-corrected chi connectivity index (χ4v) is 3.84. The number of allylic oxidation sites excluding steroid dienone is 5. The molecule has 162 valence electrons. The average molecular weight is 465 g/mol. The van der Waals surface area contributed by atoms with Gasteiger partial charge in [-0.1, -0.05) is 0 Å². The number of hydrogen-bond acceptors (Lipinski definition) is 2. The van der Waals surface area contributed by atoms with E-state index in [2.05, 4.69) is 4.85 Å². The van der Waals surface area contributed by atoms with E-state index in [4.69, 9.17) is 17.1 Å². The van der Waals surface area contributed by atoms with E-state index in [9.17, 15) is 13.2 Å². The second kappa shape index (κ2) is 7.01. The molecule has 0 aliphatic heterocycles. The van der Waals surface area contributed by atoms with E-state index in [0.717, 1.165) is 12.1 Å². The number of nitriles is 2. The van der Waals surface area contributed by atoms with Gasteiger partial charge < -0.3 is 0 Å². The van der Waals surface area contributed by atoms with E-state index in [-0.39, 0.29) is 0 Å². The van der Waals surface area contributed by atoms with Crippen molar-refractivity contribution in [2.45, 2.75) is 0 Å². The molecule has 3 nitrogen and oxygen atoms in total. The Bertz CT molecular complexity index is 1510. The molecule has 0 radical (unpaired) electrons. The second-order valence-electron chi connectivity index (χ2n) is 6.51. The van der Waals surface area contributed by atoms with Crippen LogP contribution >= 0.6 is 0 Å². The molecule has 0 saturated carbocycles. The van der Waals surface area contributed by atoms with Gasteiger partial charge in [0.25, 0.3) is 0 Å². The maximum Gasteiger partial charge on any atom is 0.344 e. The lowest BCUT2D eigenvalue weighted by molar-refractivity contribution is 0.639. The molecule has 0 amide bonds. The molecule has 3 aliphatic rings. The molecule has 1 aromatic carbocycles. The first-order valence-electron chi connectivity index (χ1n) is 8.35. The summed E-state index contributed by atoms with van der Waals surface area (Å²) < 4.78 is 132. The summed E-state index contributed by atoms with van der Waals surface area (Å²) in [6.45, 7) is 6.60. The monoisotopic (exact) mass is 465 g/mol. The molecular weight excluding hydrogens is 465 g/mol. The fourth-order valence-electron chi connectivity index (χ4n) is 3.84. The number of benzene rings is 1. The predicted molar refractivity (Wildman–Crippen MR) is 93.5 cm³/mol. The first kappa shape index (κ1) is 21.7. The molecular formula is C21F9N3. The maximum atomic E-state index is 15.0. The number of hydrogen-bond donors (Lipinski definition) is 0. The lowest BCUT2D eigenvalue weighted by Gasteiger charge is -1.95. The molecule has 0 bridgehead atoms. The van der Waals surface area contributed by atoms with Gasteiger partial charge in [-0.2, -0.15) is 19.3 Å². The smallest absolute Gasteiger partial charge is 0.235 e. The van der Waals surface area contributed by atoms with Gasteiger partial charge in [0.1, 0.15) is 47.1 Å². The Morgan fingerprint density at radius 3 is 1.00 bits per heavy atom. The summed E-state index contributed by atoms with van der Waals surface area (Å²) >= 11 is 0. The van der Waals surface area contributed by atoms with Crippen LogP contribution in [0, 0.1) is 29.2 Å². The van der Waals surface area contributed by atoms with Gasteiger partial charge in [0.15, 0.2) is 0 Å². The molecule has 0 unspecified atom stereocenters. The van der Waals surface area contributed by atoms with Crippen molar-refractivity contribution in [3.8, 4) is 12.1 Å². The van der Waals surface area contributed by atoms with Crippen molar-refractivity contribution in [3.63, 3.8) is 0 Å². The Morgan fingerprint density at radius 1 is 0.545 bits per heavy atom. The molecule has 33 heavy (non-hydrogen) atoms. The third kappa shape index (κ3) is 2.45. The van der Waals surface area contributed by atoms with E-state index in [1.807, 2.05) is 0 Å². The minimum atomic E-state index is -2.13. The molecule has 0 heterocycles. The zero-order valence-corrected chi connectivity index (χ0v) is 15.2. The second-order valence-corrected chi connectivity index (χ2v) is 6.51. The van der Waals surface area contributed by atoms with Crippen LogP contribution < -0.4 is 31.3 Å². The molecule has 0 fully saturated rings. The Kier molecular flexibility index (Phi) is 4.61. The topological polar surface area (TPSA) is 51.9 Å². The van der Waals surface area contributed by atoms with Crippen LogP contribution in [-0.4, -0.2) is 0 Å². The van der Waals surface area contributed by atoms with Crippen LogP contribution in [0.4, 0.5) is 39.5 Å². The van der Waals surface area contributed by atoms with Gasteiger partial charge in [-0.15, -0.1) is 0 Å². The molecule has 0 spiro atoms. The molecule has 0 aromatic heterocycles. The van der Waals surface area contributed by atoms with Crippen molar-refractivity contribution in [2.24, 2.45) is 0 Å². The molecule has 1 aromatic rings. The number of nitrogens with zero attached hydrogens (tertiary/aromatic N) is 3. The van der Waals surface area contributed by atoms with E-state index in [0.29, 0.717) is 0 Å². The number of rotatable bonds is 0. The predicted octanol–water partition coefficient (Wildman–Crippen LogP) is 1.79. The Balaban J connectivity index is 2.65. The molecule has 3 aliphatic carbocycles. The zero-order chi connectivity index (χ0) is 24.5. The van der Waals surface area contributed by atoms with Crippen molar-refractivity contribution in [3.05, 3.63) is 77.1 Å². The van der Waals surface area contributed by atoms with E-state index < -0.39 is 101 Å². The number of halogens is 9. The SMILES string of the molecule is [C-]#[N+]C(F)=C1C(F)=c2c(c3c(c4c2=C(F)/C(=C(\F)C#N)C=4F)=C(F)/C(=C(\F)C#N)C=3F)=C1F. The minimum Gasteiger partial charge on any atom is -0.235 e. The van der Waals surface area contributed by atoms with Crippen LogP contribution in [0.2, 0.25) is 0 Å². The van der Waals surface area contributed by atoms with Gasteiger partial charge >= 0.3 is 5.95 Å². The average Bonchev–Trinajstić information content (AvgIpc) is 3.31. The normalized spacial score (nSPS) is 20.9. The number of fused-ring (bicyclic) bond motifs is 6. The van der Waals surface area contributed by atoms with Crippen LogP contribution in [0.3, 0.4) is 0 Å². The quantitative estimate of drug-likeness (QED) is 0.254. The van der Waals surface area contributed by atoms with Gasteiger partial charge in [0, 0.05) is 31.3 Å². The van der Waals surface area contributed by atoms with Crippen molar-refractivity contribution >= 4 is 35.0 Å². The van der Waals surface area contributed by atoms with Gasteiger partial charge in [-0.05, 0) is 0 Å². The Hall–Kier alpha value is -4.50. The van der Waals surface area contributed by atoms with Crippen LogP contribution in [0.25, 0.3) is 39.8 Å². The summed E-state index contributed by atoms with van der Waals surface area (Å²) in [7, 11) is 0. The Morgan fingerprint density at radius 2 is 0.788 bits per heavy atom. The summed E-state index contributed by atoms with van der Waals surface area (Å²) in [5.41, 5.74) is -5.23. The van der Waals surface area contributed by atoms with Crippen molar-refractivity contribution in [1.29, 1.82) is 10.5 Å². The van der Waals surface area contributed by atoms with Crippen molar-refractivity contribution in [1.82, 2.24) is 0 Å². The van der Waals surface area contributed by atoms with Gasteiger partial charge in [0.2, 0.25) is 11.7 Å². The van der Waals surface area contributed by atoms with Crippen molar-refractivity contribution in [2.75, 3.05) is 0 Å². The summed E-state index contributed by atoms with van der Waals surface area (Å²) in [6, 6.07) is 1.52. The maximum absolute atomic E-state index is 15.0. The minimum absolute atomic E-state index is 0.760. The standard InChI is InChI=1S/C21F9N3/c1-33-21(30)14-19(28)12-10-8(15(24)6(17(10)26)4(22)2-31)9-11(13(12)20(14)29)18(27)7(16(9)25)5(23)3-32/b6-4-,7-5+,21-14?. The van der Waals surface area contributed by atoms with Crippen LogP contribution in [0.1, 0.15) is 0 Å². The summed E-state index contributed by atoms with van der Waals surface area (Å²) in [4.78, 5) is 2.18. The van der Waals surface area contributed by atoms with E-state index in [1.54, 1.807) is 0 Å². The van der Waals surface area contributed by atoms with Crippen molar-refractivity contribution < 1.29 is 39.5 Å². The summed E-state index contributed by atoms with van der Waals surface area (Å²) in [5, 5.41) is 8.85. The largest absolute Gasteiger partial charge is 0.344 e. The van der Waals surface area contributed by atoms with Crippen LogP contribution in [0.5, 0.6) is 0 Å². The zero-order valence-electron chi connectivity index (χ0n) is 15.2. The van der Waals surface area contributed by atoms with Crippen LogP contribution in [0.15, 0.2) is 34.3 Å². The molecule has 0 saturated heterocycles. The van der Waals surface area contributed by atoms with Gasteiger partial charge in [-0.25, -0.2) is 35.6 Å². The third-order valence-electron chi connectivity index (χ3n) is 5.07. The lowest BCUT2D eigenvalue weighted by atomic mass is 10.1. The Labute approximate surface area is 175 Å². The highest BCUT2D eigenvalue weighted by Crippen LogP contribution is 2.33. The highest BCUT2D eigenvalue weighted by Gasteiger charge is 2.37. The fraction of sp³-hybridized carbons (Fsp3) is 0. The summed E-state index contributed by atoms with van der Waals surface area (Å²) in [6.07, 6.45) is 0. The molecule has 0 atom stereocenters. The first-order valence-corrected chi connectivity index (χ1v) is 8.35. The third-order valence-corrected chi connectivity index (χ3v) is 5.07. The van der Waals surface area contributed by atoms with Gasteiger partial charge in [-0.3, -0.25) is 0 Å².